The van der Waals surface area contributed by atoms with Crippen LogP contribution in [0.5, 0.6) is 0 Å². The van der Waals surface area contributed by atoms with E-state index in [1.807, 2.05) is 30.7 Å². The van der Waals surface area contributed by atoms with Gasteiger partial charge in [-0.2, -0.15) is 0 Å². The Morgan fingerprint density at radius 3 is 2.79 bits per heavy atom. The molecular weight excluding hydrogens is 350 g/mol. The van der Waals surface area contributed by atoms with Crippen LogP contribution in [0.1, 0.15) is 45.9 Å². The fraction of sp³-hybridized carbons (Fsp3) is 0.304. The van der Waals surface area contributed by atoms with Gasteiger partial charge in [-0.1, -0.05) is 42.5 Å². The van der Waals surface area contributed by atoms with Crippen molar-refractivity contribution in [3.05, 3.63) is 89.5 Å². The third-order valence-corrected chi connectivity index (χ3v) is 5.49. The van der Waals surface area contributed by atoms with Crippen molar-refractivity contribution in [2.45, 2.75) is 31.8 Å². The molecule has 144 valence electrons. The molecule has 1 aliphatic rings. The zero-order valence-corrected chi connectivity index (χ0v) is 15.9. The van der Waals surface area contributed by atoms with E-state index in [1.165, 1.54) is 11.3 Å². The Balaban J connectivity index is 1.44. The molecule has 3 aromatic rings. The quantitative estimate of drug-likeness (QED) is 0.707. The van der Waals surface area contributed by atoms with E-state index in [4.69, 9.17) is 0 Å². The number of rotatable bonds is 6. The molecule has 0 bridgehead atoms. The molecule has 2 heterocycles. The van der Waals surface area contributed by atoms with E-state index in [1.54, 1.807) is 6.07 Å². The Kier molecular flexibility index (Phi) is 5.53. The van der Waals surface area contributed by atoms with Crippen molar-refractivity contribution >= 4 is 5.97 Å². The van der Waals surface area contributed by atoms with E-state index in [2.05, 4.69) is 44.8 Å². The maximum absolute atomic E-state index is 11.3. The lowest BCUT2D eigenvalue weighted by Crippen LogP contribution is -2.34. The Morgan fingerprint density at radius 1 is 1.11 bits per heavy atom. The Hall–Kier alpha value is -2.92. The number of hydrogen-bond donors (Lipinski definition) is 1. The molecule has 1 N–H and O–H groups in total. The van der Waals surface area contributed by atoms with E-state index in [9.17, 15) is 9.90 Å². The molecule has 0 amide bonds. The molecule has 0 radical (unpaired) electrons. The lowest BCUT2D eigenvalue weighted by molar-refractivity contribution is 0.0696. The van der Waals surface area contributed by atoms with Crippen molar-refractivity contribution in [3.63, 3.8) is 0 Å². The van der Waals surface area contributed by atoms with Gasteiger partial charge in [-0.15, -0.1) is 0 Å². The predicted molar refractivity (Wildman–Crippen MR) is 108 cm³/mol. The molecule has 5 nitrogen and oxygen atoms in total. The van der Waals surface area contributed by atoms with Crippen molar-refractivity contribution < 1.29 is 9.90 Å². The van der Waals surface area contributed by atoms with Crippen LogP contribution in [0.15, 0.2) is 67.1 Å². The van der Waals surface area contributed by atoms with Crippen LogP contribution in [-0.4, -0.2) is 38.6 Å². The maximum Gasteiger partial charge on any atom is 0.335 e. The number of aromatic carboxylic acids is 1. The molecule has 1 fully saturated rings. The average molecular weight is 375 g/mol. The number of nitrogens with zero attached hydrogens (tertiary/aromatic N) is 3. The summed E-state index contributed by atoms with van der Waals surface area (Å²) in [7, 11) is 0. The summed E-state index contributed by atoms with van der Waals surface area (Å²) in [5.74, 6) is -0.488. The molecule has 1 atom stereocenters. The van der Waals surface area contributed by atoms with Crippen LogP contribution in [-0.2, 0) is 13.1 Å². The fourth-order valence-electron chi connectivity index (χ4n) is 4.03. The van der Waals surface area contributed by atoms with E-state index in [0.29, 0.717) is 11.5 Å². The first-order valence-corrected chi connectivity index (χ1v) is 9.77. The van der Waals surface area contributed by atoms with Gasteiger partial charge in [0.25, 0.3) is 0 Å². The summed E-state index contributed by atoms with van der Waals surface area (Å²) in [6, 6.07) is 17.8. The molecule has 28 heavy (non-hydrogen) atoms. The van der Waals surface area contributed by atoms with Crippen LogP contribution >= 0.6 is 0 Å². The third kappa shape index (κ3) is 4.31. The third-order valence-electron chi connectivity index (χ3n) is 5.49. The van der Waals surface area contributed by atoms with Gasteiger partial charge in [0.05, 0.1) is 17.6 Å². The second-order valence-corrected chi connectivity index (χ2v) is 7.50. The molecule has 0 saturated carbocycles. The van der Waals surface area contributed by atoms with E-state index >= 15 is 0 Å². The lowest BCUT2D eigenvalue weighted by Gasteiger charge is -2.33. The van der Waals surface area contributed by atoms with Crippen LogP contribution in [0.3, 0.4) is 0 Å². The number of aromatic nitrogens is 2. The van der Waals surface area contributed by atoms with Gasteiger partial charge in [-0.3, -0.25) is 4.90 Å². The van der Waals surface area contributed by atoms with Gasteiger partial charge >= 0.3 is 5.97 Å². The predicted octanol–water partition coefficient (Wildman–Crippen LogP) is 4.01. The molecule has 4 rings (SSSR count). The fourth-order valence-corrected chi connectivity index (χ4v) is 4.03. The molecular formula is C23H25N3O2. The number of carbonyl (C=O) groups is 1. The van der Waals surface area contributed by atoms with Crippen LogP contribution in [0.2, 0.25) is 0 Å². The highest BCUT2D eigenvalue weighted by Crippen LogP contribution is 2.28. The minimum absolute atomic E-state index is 0.371. The highest BCUT2D eigenvalue weighted by Gasteiger charge is 2.23. The van der Waals surface area contributed by atoms with Gasteiger partial charge < -0.3 is 9.67 Å². The summed E-state index contributed by atoms with van der Waals surface area (Å²) in [6.45, 7) is 3.70. The zero-order valence-electron chi connectivity index (χ0n) is 15.9. The van der Waals surface area contributed by atoms with E-state index < -0.39 is 5.97 Å². The molecule has 1 aromatic heterocycles. The van der Waals surface area contributed by atoms with Crippen molar-refractivity contribution in [3.8, 4) is 0 Å². The van der Waals surface area contributed by atoms with Gasteiger partial charge in [0.15, 0.2) is 0 Å². The minimum Gasteiger partial charge on any atom is -0.478 e. The van der Waals surface area contributed by atoms with Gasteiger partial charge in [0, 0.05) is 25.8 Å². The van der Waals surface area contributed by atoms with E-state index in [-0.39, 0.29) is 0 Å². The van der Waals surface area contributed by atoms with Crippen molar-refractivity contribution in [1.82, 2.24) is 14.5 Å². The summed E-state index contributed by atoms with van der Waals surface area (Å²) in [4.78, 5) is 18.1. The Labute approximate surface area is 165 Å². The van der Waals surface area contributed by atoms with Crippen LogP contribution < -0.4 is 0 Å². The SMILES string of the molecule is O=C(O)c1cccc([C@H]2CCCN(Cc3cncn3Cc3ccccc3)C2)c1. The molecule has 1 aliphatic heterocycles. The number of likely N-dealkylation sites (tertiary alicyclic amines) is 1. The summed E-state index contributed by atoms with van der Waals surface area (Å²) in [5.41, 5.74) is 3.98. The van der Waals surface area contributed by atoms with Crippen molar-refractivity contribution in [1.29, 1.82) is 0 Å². The number of imidazole rings is 1. The average Bonchev–Trinajstić information content (AvgIpc) is 3.15. The van der Waals surface area contributed by atoms with Gasteiger partial charge in [-0.05, 0) is 48.6 Å². The smallest absolute Gasteiger partial charge is 0.335 e. The summed E-state index contributed by atoms with van der Waals surface area (Å²) in [6.07, 6.45) is 6.08. The van der Waals surface area contributed by atoms with Crippen molar-refractivity contribution in [2.24, 2.45) is 0 Å². The first kappa shape index (κ1) is 18.4. The van der Waals surface area contributed by atoms with Gasteiger partial charge in [-0.25, -0.2) is 9.78 Å². The minimum atomic E-state index is -0.862. The highest BCUT2D eigenvalue weighted by atomic mass is 16.4. The number of carboxylic acids is 1. The molecule has 0 unspecified atom stereocenters. The lowest BCUT2D eigenvalue weighted by atomic mass is 9.89. The zero-order chi connectivity index (χ0) is 19.3. The summed E-state index contributed by atoms with van der Waals surface area (Å²) in [5, 5.41) is 9.26. The molecule has 2 aromatic carbocycles. The summed E-state index contributed by atoms with van der Waals surface area (Å²) < 4.78 is 2.21. The number of piperidine rings is 1. The number of benzene rings is 2. The second kappa shape index (κ2) is 8.40. The topological polar surface area (TPSA) is 58.4 Å². The van der Waals surface area contributed by atoms with Gasteiger partial charge in [0.2, 0.25) is 0 Å². The Morgan fingerprint density at radius 2 is 1.96 bits per heavy atom. The molecule has 5 heteroatoms. The first-order chi connectivity index (χ1) is 13.7. The monoisotopic (exact) mass is 375 g/mol. The maximum atomic E-state index is 11.3. The summed E-state index contributed by atoms with van der Waals surface area (Å²) >= 11 is 0. The van der Waals surface area contributed by atoms with E-state index in [0.717, 1.165) is 44.6 Å². The van der Waals surface area contributed by atoms with Crippen molar-refractivity contribution in [2.75, 3.05) is 13.1 Å². The first-order valence-electron chi connectivity index (χ1n) is 9.77. The Bertz CT molecular complexity index is 936. The number of hydrogen-bond acceptors (Lipinski definition) is 3. The number of carboxylic acid groups (broad SMARTS) is 1. The molecule has 0 spiro atoms. The van der Waals surface area contributed by atoms with Crippen LogP contribution in [0.4, 0.5) is 0 Å². The second-order valence-electron chi connectivity index (χ2n) is 7.50. The largest absolute Gasteiger partial charge is 0.478 e. The molecule has 1 saturated heterocycles. The molecule has 0 aliphatic carbocycles. The van der Waals surface area contributed by atoms with Crippen LogP contribution in [0.25, 0.3) is 0 Å². The standard InChI is InChI=1S/C23H25N3O2/c27-23(28)20-9-4-8-19(12-20)21-10-5-11-25(15-21)16-22-13-24-17-26(22)14-18-6-2-1-3-7-18/h1-4,6-9,12-13,17,21H,5,10-11,14-16H2,(H,27,28)/t21-/m0/s1. The highest BCUT2D eigenvalue weighted by molar-refractivity contribution is 5.87. The van der Waals surface area contributed by atoms with Crippen LogP contribution in [0, 0.1) is 0 Å². The van der Waals surface area contributed by atoms with Gasteiger partial charge in [0.1, 0.15) is 0 Å². The normalized spacial score (nSPS) is 17.5.